The summed E-state index contributed by atoms with van der Waals surface area (Å²) in [5.74, 6) is 0. The van der Waals surface area contributed by atoms with Crippen LogP contribution in [0.5, 0.6) is 0 Å². The Morgan fingerprint density at radius 3 is 2.47 bits per heavy atom. The van der Waals surface area contributed by atoms with Gasteiger partial charge in [-0.3, -0.25) is 0 Å². The number of thiophene rings is 1. The predicted octanol–water partition coefficient (Wildman–Crippen LogP) is 5.13. The predicted molar refractivity (Wildman–Crippen MR) is 79.4 cm³/mol. The molecule has 1 atom stereocenters. The van der Waals surface area contributed by atoms with Gasteiger partial charge in [0.2, 0.25) is 0 Å². The fraction of sp³-hybridized carbons (Fsp3) is 0.167. The Bertz CT molecular complexity index is 527. The van der Waals surface area contributed by atoms with E-state index in [0.717, 1.165) is 19.9 Å². The molecule has 0 amide bonds. The van der Waals surface area contributed by atoms with Gasteiger partial charge in [-0.25, -0.2) is 0 Å². The van der Waals surface area contributed by atoms with Crippen LogP contribution in [0.3, 0.4) is 0 Å². The number of hydrogen-bond donors (Lipinski definition) is 1. The highest BCUT2D eigenvalue weighted by Gasteiger charge is 2.19. The topological polar surface area (TPSA) is 12.0 Å². The zero-order chi connectivity index (χ0) is 12.4. The Morgan fingerprint density at radius 1 is 1.24 bits per heavy atom. The molecule has 0 fully saturated rings. The van der Waals surface area contributed by atoms with E-state index in [9.17, 15) is 0 Å². The van der Waals surface area contributed by atoms with Gasteiger partial charge >= 0.3 is 0 Å². The largest absolute Gasteiger partial charge is 0.309 e. The molecule has 1 aromatic heterocycles. The Morgan fingerprint density at radius 2 is 1.94 bits per heavy atom. The number of halogens is 3. The molecule has 0 radical (unpaired) electrons. The number of hydrogen-bond acceptors (Lipinski definition) is 2. The normalized spacial score (nSPS) is 12.7. The molecule has 2 aromatic rings. The van der Waals surface area contributed by atoms with Crippen molar-refractivity contribution in [3.8, 4) is 0 Å². The van der Waals surface area contributed by atoms with Crippen molar-refractivity contribution in [3.63, 3.8) is 0 Å². The summed E-state index contributed by atoms with van der Waals surface area (Å²) in [4.78, 5) is 0. The number of benzene rings is 1. The van der Waals surface area contributed by atoms with E-state index in [4.69, 9.17) is 23.2 Å². The van der Waals surface area contributed by atoms with Crippen LogP contribution in [-0.4, -0.2) is 7.05 Å². The fourth-order valence-corrected chi connectivity index (χ4v) is 3.78. The lowest BCUT2D eigenvalue weighted by Crippen LogP contribution is -2.17. The molecule has 5 heteroatoms. The molecule has 0 saturated carbocycles. The number of rotatable bonds is 3. The van der Waals surface area contributed by atoms with Crippen molar-refractivity contribution in [2.45, 2.75) is 6.04 Å². The summed E-state index contributed by atoms with van der Waals surface area (Å²) in [6.07, 6.45) is 0. The molecule has 0 aliphatic heterocycles. The van der Waals surface area contributed by atoms with Gasteiger partial charge in [0.05, 0.1) is 14.7 Å². The molecule has 2 rings (SSSR count). The third-order valence-corrected chi connectivity index (χ3v) is 4.74. The van der Waals surface area contributed by atoms with Gasteiger partial charge in [-0.05, 0) is 24.7 Å². The summed E-state index contributed by atoms with van der Waals surface area (Å²) < 4.78 is 2.49. The minimum atomic E-state index is 0.0434. The van der Waals surface area contributed by atoms with E-state index in [1.54, 1.807) is 0 Å². The fourth-order valence-electron chi connectivity index (χ4n) is 1.74. The first-order valence-corrected chi connectivity index (χ1v) is 7.36. The van der Waals surface area contributed by atoms with Gasteiger partial charge in [0.25, 0.3) is 0 Å². The van der Waals surface area contributed by atoms with Gasteiger partial charge in [-0.15, -0.1) is 11.3 Å². The SMILES string of the molecule is CNC(c1ccccc1Br)c1cc(Cl)sc1Cl. The van der Waals surface area contributed by atoms with Crippen LogP contribution in [0.25, 0.3) is 0 Å². The van der Waals surface area contributed by atoms with Crippen molar-refractivity contribution in [3.05, 3.63) is 54.6 Å². The van der Waals surface area contributed by atoms with Crippen molar-refractivity contribution in [1.29, 1.82) is 0 Å². The van der Waals surface area contributed by atoms with Gasteiger partial charge < -0.3 is 5.32 Å². The Labute approximate surface area is 123 Å². The minimum absolute atomic E-state index is 0.0434. The third kappa shape index (κ3) is 2.85. The second-order valence-electron chi connectivity index (χ2n) is 3.52. The van der Waals surface area contributed by atoms with Gasteiger partial charge in [0.15, 0.2) is 0 Å². The monoisotopic (exact) mass is 349 g/mol. The summed E-state index contributed by atoms with van der Waals surface area (Å²) in [5.41, 5.74) is 2.16. The van der Waals surface area contributed by atoms with E-state index in [-0.39, 0.29) is 6.04 Å². The van der Waals surface area contributed by atoms with E-state index in [1.807, 2.05) is 31.3 Å². The summed E-state index contributed by atoms with van der Waals surface area (Å²) in [6.45, 7) is 0. The summed E-state index contributed by atoms with van der Waals surface area (Å²) in [5, 5.41) is 3.26. The number of nitrogens with one attached hydrogen (secondary N) is 1. The van der Waals surface area contributed by atoms with E-state index in [2.05, 4.69) is 27.3 Å². The van der Waals surface area contributed by atoms with Crippen molar-refractivity contribution < 1.29 is 0 Å². The smallest absolute Gasteiger partial charge is 0.0995 e. The van der Waals surface area contributed by atoms with Crippen LogP contribution in [0, 0.1) is 0 Å². The van der Waals surface area contributed by atoms with E-state index >= 15 is 0 Å². The van der Waals surface area contributed by atoms with Crippen LogP contribution in [0.15, 0.2) is 34.8 Å². The maximum Gasteiger partial charge on any atom is 0.0995 e. The average Bonchev–Trinajstić information content (AvgIpc) is 2.62. The van der Waals surface area contributed by atoms with Crippen LogP contribution in [0.4, 0.5) is 0 Å². The minimum Gasteiger partial charge on any atom is -0.309 e. The maximum atomic E-state index is 6.20. The molecule has 1 heterocycles. The Kier molecular flexibility index (Phi) is 4.50. The lowest BCUT2D eigenvalue weighted by Gasteiger charge is -2.17. The maximum absolute atomic E-state index is 6.20. The highest BCUT2D eigenvalue weighted by molar-refractivity contribution is 9.10. The van der Waals surface area contributed by atoms with Crippen LogP contribution < -0.4 is 5.32 Å². The van der Waals surface area contributed by atoms with Crippen LogP contribution in [-0.2, 0) is 0 Å². The molecule has 0 aliphatic rings. The lowest BCUT2D eigenvalue weighted by atomic mass is 10.0. The first-order chi connectivity index (χ1) is 8.13. The zero-order valence-corrected chi connectivity index (χ0v) is 12.9. The molecule has 90 valence electrons. The second kappa shape index (κ2) is 5.72. The second-order valence-corrected chi connectivity index (χ2v) is 6.66. The first kappa shape index (κ1) is 13.4. The van der Waals surface area contributed by atoms with Crippen molar-refractivity contribution in [2.24, 2.45) is 0 Å². The highest BCUT2D eigenvalue weighted by Crippen LogP contribution is 2.38. The molecule has 0 spiro atoms. The van der Waals surface area contributed by atoms with E-state index in [1.165, 1.54) is 11.3 Å². The van der Waals surface area contributed by atoms with Crippen LogP contribution in [0.1, 0.15) is 17.2 Å². The molecule has 1 N–H and O–H groups in total. The molecule has 17 heavy (non-hydrogen) atoms. The third-order valence-electron chi connectivity index (χ3n) is 2.50. The van der Waals surface area contributed by atoms with Gasteiger partial charge in [0.1, 0.15) is 0 Å². The molecule has 0 bridgehead atoms. The molecular formula is C12H10BrCl2NS. The summed E-state index contributed by atoms with van der Waals surface area (Å²) >= 11 is 17.1. The lowest BCUT2D eigenvalue weighted by molar-refractivity contribution is 0.691. The first-order valence-electron chi connectivity index (χ1n) is 5.00. The van der Waals surface area contributed by atoms with Gasteiger partial charge in [-0.2, -0.15) is 0 Å². The van der Waals surface area contributed by atoms with Crippen molar-refractivity contribution in [2.75, 3.05) is 7.05 Å². The molecule has 0 aliphatic carbocycles. The Balaban J connectivity index is 2.47. The molecule has 1 nitrogen and oxygen atoms in total. The van der Waals surface area contributed by atoms with Crippen molar-refractivity contribution >= 4 is 50.5 Å². The van der Waals surface area contributed by atoms with Gasteiger partial charge in [-0.1, -0.05) is 57.3 Å². The van der Waals surface area contributed by atoms with Crippen LogP contribution in [0.2, 0.25) is 8.67 Å². The highest BCUT2D eigenvalue weighted by atomic mass is 79.9. The van der Waals surface area contributed by atoms with Gasteiger partial charge in [0, 0.05) is 10.0 Å². The van der Waals surface area contributed by atoms with E-state index < -0.39 is 0 Å². The summed E-state index contributed by atoms with van der Waals surface area (Å²) in [7, 11) is 1.91. The molecule has 1 aromatic carbocycles. The average molecular weight is 351 g/mol. The summed E-state index contributed by atoms with van der Waals surface area (Å²) in [6, 6.07) is 10.0. The molecule has 1 unspecified atom stereocenters. The van der Waals surface area contributed by atoms with Crippen molar-refractivity contribution in [1.82, 2.24) is 5.32 Å². The zero-order valence-electron chi connectivity index (χ0n) is 9.01. The quantitative estimate of drug-likeness (QED) is 0.809. The van der Waals surface area contributed by atoms with E-state index in [0.29, 0.717) is 4.34 Å². The molecular weight excluding hydrogens is 341 g/mol. The standard InChI is InChI=1S/C12H10BrCl2NS/c1-16-11(7-4-2-3-5-9(7)13)8-6-10(14)17-12(8)15/h2-6,11,16H,1H3. The Hall–Kier alpha value is -0.0600. The van der Waals surface area contributed by atoms with Crippen LogP contribution >= 0.6 is 50.5 Å². The molecule has 0 saturated heterocycles.